The van der Waals surface area contributed by atoms with Crippen LogP contribution in [0.25, 0.3) is 10.9 Å². The van der Waals surface area contributed by atoms with Crippen LogP contribution in [0, 0.1) is 6.92 Å². The molecule has 1 aliphatic rings. The molecule has 1 saturated heterocycles. The van der Waals surface area contributed by atoms with Gasteiger partial charge in [-0.25, -0.2) is 9.97 Å². The number of morpholine rings is 1. The SMILES string of the molecule is Cc1[nH]ncc1C(=O)N1CCOC(c2cc(C(=O)Nc3nccs3)c3ccccc3n2)C1. The summed E-state index contributed by atoms with van der Waals surface area (Å²) in [4.78, 5) is 36.6. The Morgan fingerprint density at radius 1 is 1.28 bits per heavy atom. The molecule has 5 rings (SSSR count). The van der Waals surface area contributed by atoms with E-state index in [1.54, 1.807) is 22.5 Å². The van der Waals surface area contributed by atoms with Crippen molar-refractivity contribution in [2.45, 2.75) is 13.0 Å². The lowest BCUT2D eigenvalue weighted by atomic mass is 10.0. The number of rotatable bonds is 4. The first kappa shape index (κ1) is 20.3. The predicted molar refractivity (Wildman–Crippen MR) is 120 cm³/mol. The average Bonchev–Trinajstić information content (AvgIpc) is 3.49. The van der Waals surface area contributed by atoms with Crippen LogP contribution < -0.4 is 5.32 Å². The number of para-hydroxylation sites is 1. The van der Waals surface area contributed by atoms with Gasteiger partial charge in [0.05, 0.1) is 41.7 Å². The molecule has 1 aliphatic heterocycles. The molecule has 4 heterocycles. The van der Waals surface area contributed by atoms with Crippen molar-refractivity contribution in [3.05, 3.63) is 70.6 Å². The maximum Gasteiger partial charge on any atom is 0.258 e. The van der Waals surface area contributed by atoms with Gasteiger partial charge in [0.1, 0.15) is 6.10 Å². The fourth-order valence-electron chi connectivity index (χ4n) is 3.75. The molecular formula is C22H20N6O3S. The first-order chi connectivity index (χ1) is 15.6. The molecule has 2 N–H and O–H groups in total. The summed E-state index contributed by atoms with van der Waals surface area (Å²) in [7, 11) is 0. The van der Waals surface area contributed by atoms with Crippen LogP contribution in [0.4, 0.5) is 5.13 Å². The molecule has 4 aromatic rings. The van der Waals surface area contributed by atoms with Crippen molar-refractivity contribution >= 4 is 39.2 Å². The molecule has 0 aliphatic carbocycles. The van der Waals surface area contributed by atoms with Crippen LogP contribution in [-0.2, 0) is 4.74 Å². The summed E-state index contributed by atoms with van der Waals surface area (Å²) < 4.78 is 5.96. The highest BCUT2D eigenvalue weighted by Gasteiger charge is 2.29. The molecule has 1 unspecified atom stereocenters. The summed E-state index contributed by atoms with van der Waals surface area (Å²) in [6, 6.07) is 9.21. The zero-order chi connectivity index (χ0) is 22.1. The van der Waals surface area contributed by atoms with Crippen molar-refractivity contribution in [1.82, 2.24) is 25.1 Å². The van der Waals surface area contributed by atoms with Crippen molar-refractivity contribution in [3.8, 4) is 0 Å². The standard InChI is InChI=1S/C22H20N6O3S/c1-13-16(11-24-27-13)21(30)28-7-8-31-19(12-28)18-10-15(14-4-2-3-5-17(14)25-18)20(29)26-22-23-6-9-32-22/h2-6,9-11,19H,7-8,12H2,1H3,(H,24,27)(H,23,26,29). The summed E-state index contributed by atoms with van der Waals surface area (Å²) in [6.07, 6.45) is 2.73. The van der Waals surface area contributed by atoms with Crippen LogP contribution in [-0.4, -0.2) is 56.6 Å². The molecule has 1 aromatic carbocycles. The smallest absolute Gasteiger partial charge is 0.258 e. The third-order valence-electron chi connectivity index (χ3n) is 5.38. The number of ether oxygens (including phenoxy) is 1. The zero-order valence-corrected chi connectivity index (χ0v) is 18.1. The van der Waals surface area contributed by atoms with E-state index in [0.29, 0.717) is 47.2 Å². The van der Waals surface area contributed by atoms with Gasteiger partial charge in [0.15, 0.2) is 5.13 Å². The summed E-state index contributed by atoms with van der Waals surface area (Å²) in [5.41, 5.74) is 3.05. The maximum absolute atomic E-state index is 13.0. The van der Waals surface area contributed by atoms with Crippen molar-refractivity contribution in [3.63, 3.8) is 0 Å². The number of anilines is 1. The Kier molecular flexibility index (Phi) is 5.38. The summed E-state index contributed by atoms with van der Waals surface area (Å²) in [6.45, 7) is 3.01. The number of carbonyl (C=O) groups excluding carboxylic acids is 2. The Morgan fingerprint density at radius 3 is 2.94 bits per heavy atom. The van der Waals surface area contributed by atoms with Gasteiger partial charge in [-0.2, -0.15) is 5.10 Å². The summed E-state index contributed by atoms with van der Waals surface area (Å²) >= 11 is 1.35. The van der Waals surface area contributed by atoms with Crippen LogP contribution in [0.2, 0.25) is 0 Å². The number of nitrogens with one attached hydrogen (secondary N) is 2. The first-order valence-electron chi connectivity index (χ1n) is 10.1. The molecule has 162 valence electrons. The number of thiazole rings is 1. The van der Waals surface area contributed by atoms with Crippen LogP contribution in [0.1, 0.15) is 38.2 Å². The number of carbonyl (C=O) groups is 2. The Balaban J connectivity index is 1.46. The Hall–Kier alpha value is -3.63. The van der Waals surface area contributed by atoms with E-state index >= 15 is 0 Å². The number of aromatic amines is 1. The minimum absolute atomic E-state index is 0.105. The Bertz CT molecular complexity index is 1290. The third-order valence-corrected chi connectivity index (χ3v) is 6.07. The molecule has 32 heavy (non-hydrogen) atoms. The highest BCUT2D eigenvalue weighted by atomic mass is 32.1. The number of hydrogen-bond acceptors (Lipinski definition) is 7. The monoisotopic (exact) mass is 448 g/mol. The largest absolute Gasteiger partial charge is 0.368 e. The van der Waals surface area contributed by atoms with E-state index in [9.17, 15) is 9.59 Å². The number of amides is 2. The topological polar surface area (TPSA) is 113 Å². The lowest BCUT2D eigenvalue weighted by molar-refractivity contribution is -0.0246. The van der Waals surface area contributed by atoms with Gasteiger partial charge < -0.3 is 9.64 Å². The number of hydrogen-bond donors (Lipinski definition) is 2. The molecule has 0 radical (unpaired) electrons. The highest BCUT2D eigenvalue weighted by molar-refractivity contribution is 7.13. The number of benzene rings is 1. The van der Waals surface area contributed by atoms with Gasteiger partial charge in [-0.3, -0.25) is 20.0 Å². The minimum atomic E-state index is -0.448. The molecule has 0 saturated carbocycles. The fraction of sp³-hybridized carbons (Fsp3) is 0.227. The van der Waals surface area contributed by atoms with Crippen molar-refractivity contribution < 1.29 is 14.3 Å². The molecular weight excluding hydrogens is 428 g/mol. The van der Waals surface area contributed by atoms with Crippen molar-refractivity contribution in [1.29, 1.82) is 0 Å². The quantitative estimate of drug-likeness (QED) is 0.496. The van der Waals surface area contributed by atoms with Crippen LogP contribution in [0.3, 0.4) is 0 Å². The van der Waals surface area contributed by atoms with Crippen LogP contribution in [0.15, 0.2) is 48.1 Å². The molecule has 3 aromatic heterocycles. The lowest BCUT2D eigenvalue weighted by Gasteiger charge is -2.32. The van der Waals surface area contributed by atoms with E-state index in [1.165, 1.54) is 17.5 Å². The zero-order valence-electron chi connectivity index (χ0n) is 17.2. The second-order valence-electron chi connectivity index (χ2n) is 7.42. The Morgan fingerprint density at radius 2 is 2.16 bits per heavy atom. The van der Waals surface area contributed by atoms with E-state index in [2.05, 4.69) is 20.5 Å². The molecule has 10 heteroatoms. The van der Waals surface area contributed by atoms with Crippen molar-refractivity contribution in [2.75, 3.05) is 25.0 Å². The second-order valence-corrected chi connectivity index (χ2v) is 8.32. The van der Waals surface area contributed by atoms with Gasteiger partial charge in [-0.1, -0.05) is 18.2 Å². The summed E-state index contributed by atoms with van der Waals surface area (Å²) in [5.74, 6) is -0.371. The van der Waals surface area contributed by atoms with E-state index < -0.39 is 6.10 Å². The highest BCUT2D eigenvalue weighted by Crippen LogP contribution is 2.27. The number of aryl methyl sites for hydroxylation is 1. The van der Waals surface area contributed by atoms with E-state index in [-0.39, 0.29) is 11.8 Å². The third kappa shape index (κ3) is 3.85. The number of H-pyrrole nitrogens is 1. The van der Waals surface area contributed by atoms with Crippen LogP contribution in [0.5, 0.6) is 0 Å². The molecule has 9 nitrogen and oxygen atoms in total. The summed E-state index contributed by atoms with van der Waals surface area (Å²) in [5, 5.41) is 12.6. The minimum Gasteiger partial charge on any atom is -0.368 e. The van der Waals surface area contributed by atoms with E-state index in [1.807, 2.05) is 31.2 Å². The average molecular weight is 449 g/mol. The molecule has 1 fully saturated rings. The normalized spacial score (nSPS) is 16.3. The predicted octanol–water partition coefficient (Wildman–Crippen LogP) is 3.19. The van der Waals surface area contributed by atoms with Gasteiger partial charge in [-0.05, 0) is 19.1 Å². The number of nitrogens with zero attached hydrogens (tertiary/aromatic N) is 4. The second kappa shape index (κ2) is 8.48. The fourth-order valence-corrected chi connectivity index (χ4v) is 4.27. The van der Waals surface area contributed by atoms with Gasteiger partial charge in [0.2, 0.25) is 0 Å². The molecule has 0 spiro atoms. The number of fused-ring (bicyclic) bond motifs is 1. The van der Waals surface area contributed by atoms with E-state index in [4.69, 9.17) is 9.72 Å². The first-order valence-corrected chi connectivity index (χ1v) is 11.0. The lowest BCUT2D eigenvalue weighted by Crippen LogP contribution is -2.42. The number of pyridine rings is 1. The van der Waals surface area contributed by atoms with Crippen LogP contribution >= 0.6 is 11.3 Å². The van der Waals surface area contributed by atoms with Gasteiger partial charge in [0, 0.05) is 29.2 Å². The van der Waals surface area contributed by atoms with Gasteiger partial charge in [0.25, 0.3) is 11.8 Å². The molecule has 0 bridgehead atoms. The van der Waals surface area contributed by atoms with Gasteiger partial charge in [-0.15, -0.1) is 11.3 Å². The van der Waals surface area contributed by atoms with Gasteiger partial charge >= 0.3 is 0 Å². The number of aromatic nitrogens is 4. The van der Waals surface area contributed by atoms with E-state index in [0.717, 1.165) is 11.1 Å². The Labute approximate surface area is 187 Å². The molecule has 1 atom stereocenters. The molecule has 2 amide bonds. The van der Waals surface area contributed by atoms with Crippen molar-refractivity contribution in [2.24, 2.45) is 0 Å². The maximum atomic E-state index is 13.0.